The molecule has 0 unspecified atom stereocenters. The van der Waals surface area contributed by atoms with Gasteiger partial charge in [0.05, 0.1) is 11.8 Å². The van der Waals surface area contributed by atoms with Crippen LogP contribution >= 0.6 is 0 Å². The summed E-state index contributed by atoms with van der Waals surface area (Å²) in [5.74, 6) is -0.192. The molecule has 2 fully saturated rings. The molecule has 1 saturated heterocycles. The highest BCUT2D eigenvalue weighted by molar-refractivity contribution is 5.94. The van der Waals surface area contributed by atoms with Crippen molar-refractivity contribution in [1.29, 1.82) is 0 Å². The van der Waals surface area contributed by atoms with Crippen LogP contribution < -0.4 is 0 Å². The van der Waals surface area contributed by atoms with Gasteiger partial charge >= 0.3 is 0 Å². The van der Waals surface area contributed by atoms with Crippen molar-refractivity contribution in [1.82, 2.24) is 19.4 Å². The van der Waals surface area contributed by atoms with Gasteiger partial charge in [0.1, 0.15) is 11.3 Å². The molecule has 0 spiro atoms. The van der Waals surface area contributed by atoms with Crippen molar-refractivity contribution < 1.29 is 9.18 Å². The van der Waals surface area contributed by atoms with Crippen LogP contribution in [0.15, 0.2) is 48.8 Å². The summed E-state index contributed by atoms with van der Waals surface area (Å²) in [4.78, 5) is 21.9. The number of halogens is 1. The van der Waals surface area contributed by atoms with E-state index in [0.717, 1.165) is 37.5 Å². The van der Waals surface area contributed by atoms with E-state index in [1.54, 1.807) is 12.4 Å². The van der Waals surface area contributed by atoms with E-state index in [2.05, 4.69) is 9.88 Å². The maximum absolute atomic E-state index is 14.2. The van der Waals surface area contributed by atoms with Crippen molar-refractivity contribution in [2.75, 3.05) is 20.1 Å². The molecule has 6 heteroatoms. The molecule has 0 bridgehead atoms. The van der Waals surface area contributed by atoms with Gasteiger partial charge in [-0.25, -0.2) is 9.37 Å². The van der Waals surface area contributed by atoms with E-state index >= 15 is 0 Å². The summed E-state index contributed by atoms with van der Waals surface area (Å²) in [5, 5.41) is 0. The number of amides is 1. The zero-order valence-electron chi connectivity index (χ0n) is 18.7. The van der Waals surface area contributed by atoms with Crippen LogP contribution in [0.4, 0.5) is 4.39 Å². The first-order valence-corrected chi connectivity index (χ1v) is 11.8. The summed E-state index contributed by atoms with van der Waals surface area (Å²) in [6, 6.07) is 13.7. The van der Waals surface area contributed by atoms with Crippen LogP contribution in [-0.2, 0) is 6.54 Å². The molecule has 1 aromatic heterocycles. The van der Waals surface area contributed by atoms with E-state index in [0.29, 0.717) is 29.2 Å². The first kappa shape index (κ1) is 21.1. The van der Waals surface area contributed by atoms with E-state index in [1.807, 2.05) is 46.8 Å². The number of piperidine rings is 1. The van der Waals surface area contributed by atoms with E-state index in [1.165, 1.54) is 31.7 Å². The van der Waals surface area contributed by atoms with Crippen molar-refractivity contribution in [2.45, 2.75) is 57.2 Å². The smallest absolute Gasteiger partial charge is 0.253 e. The largest absolute Gasteiger partial charge is 0.339 e. The van der Waals surface area contributed by atoms with Crippen LogP contribution in [0, 0.1) is 5.82 Å². The molecule has 0 atom stereocenters. The fraction of sp³-hybridized carbons (Fsp3) is 0.462. The Bertz CT molecular complexity index is 1080. The molecule has 1 amide bonds. The molecular weight excluding hydrogens is 403 g/mol. The summed E-state index contributed by atoms with van der Waals surface area (Å²) < 4.78 is 16.0. The number of rotatable bonds is 5. The highest BCUT2D eigenvalue weighted by Crippen LogP contribution is 2.27. The highest BCUT2D eigenvalue weighted by atomic mass is 19.1. The number of hydrogen-bond acceptors (Lipinski definition) is 3. The lowest BCUT2D eigenvalue weighted by molar-refractivity contribution is 0.0598. The normalized spacial score (nSPS) is 18.4. The molecule has 2 aromatic carbocycles. The van der Waals surface area contributed by atoms with E-state index < -0.39 is 0 Å². The number of fused-ring (bicyclic) bond motifs is 1. The minimum Gasteiger partial charge on any atom is -0.339 e. The third-order valence-corrected chi connectivity index (χ3v) is 7.35. The molecule has 3 aromatic rings. The van der Waals surface area contributed by atoms with E-state index in [4.69, 9.17) is 0 Å². The molecule has 168 valence electrons. The van der Waals surface area contributed by atoms with Crippen molar-refractivity contribution in [3.8, 4) is 0 Å². The van der Waals surface area contributed by atoms with Crippen LogP contribution in [0.5, 0.6) is 0 Å². The third kappa shape index (κ3) is 4.16. The Balaban J connectivity index is 1.21. The number of nitrogens with zero attached hydrogens (tertiary/aromatic N) is 4. The average Bonchev–Trinajstić information content (AvgIpc) is 3.50. The number of para-hydroxylation sites is 1. The van der Waals surface area contributed by atoms with Gasteiger partial charge in [0.15, 0.2) is 0 Å². The van der Waals surface area contributed by atoms with Gasteiger partial charge in [-0.3, -0.25) is 4.79 Å². The quantitative estimate of drug-likeness (QED) is 0.584. The maximum atomic E-state index is 14.2. The second-order valence-corrected chi connectivity index (χ2v) is 9.30. The van der Waals surface area contributed by atoms with Gasteiger partial charge in [-0.2, -0.15) is 0 Å². The summed E-state index contributed by atoms with van der Waals surface area (Å²) in [6.45, 7) is 2.71. The lowest BCUT2D eigenvalue weighted by Gasteiger charge is -2.39. The Morgan fingerprint density at radius 3 is 2.50 bits per heavy atom. The number of likely N-dealkylation sites (tertiary alicyclic amines) is 1. The van der Waals surface area contributed by atoms with Gasteiger partial charge in [0.25, 0.3) is 5.91 Å². The summed E-state index contributed by atoms with van der Waals surface area (Å²) in [7, 11) is 1.94. The minimum absolute atomic E-state index is 0.0787. The van der Waals surface area contributed by atoms with Crippen LogP contribution in [0.3, 0.4) is 0 Å². The SMILES string of the molecule is CN(C(=O)c1ccc(Cn2cnc3cccc(F)c32)cc1)C1CCN(C2CCCC2)CC1. The molecule has 0 N–H and O–H groups in total. The first-order chi connectivity index (χ1) is 15.6. The van der Waals surface area contributed by atoms with Crippen molar-refractivity contribution in [3.05, 3.63) is 65.7 Å². The minimum atomic E-state index is -0.271. The van der Waals surface area contributed by atoms with E-state index in [9.17, 15) is 9.18 Å². The van der Waals surface area contributed by atoms with Crippen LogP contribution in [0.1, 0.15) is 54.4 Å². The lowest BCUT2D eigenvalue weighted by Crippen LogP contribution is -2.48. The second kappa shape index (κ2) is 9.02. The number of benzene rings is 2. The third-order valence-electron chi connectivity index (χ3n) is 7.35. The number of imidazole rings is 1. The Labute approximate surface area is 188 Å². The zero-order valence-corrected chi connectivity index (χ0v) is 18.7. The molecule has 0 radical (unpaired) electrons. The van der Waals surface area contributed by atoms with Gasteiger partial charge in [-0.1, -0.05) is 31.0 Å². The predicted octanol–water partition coefficient (Wildman–Crippen LogP) is 4.70. The maximum Gasteiger partial charge on any atom is 0.253 e. The van der Waals surface area contributed by atoms with Crippen LogP contribution in [0.25, 0.3) is 11.0 Å². The predicted molar refractivity (Wildman–Crippen MR) is 124 cm³/mol. The summed E-state index contributed by atoms with van der Waals surface area (Å²) in [6.07, 6.45) is 9.18. The van der Waals surface area contributed by atoms with Crippen molar-refractivity contribution >= 4 is 16.9 Å². The molecule has 32 heavy (non-hydrogen) atoms. The molecule has 1 saturated carbocycles. The summed E-state index contributed by atoms with van der Waals surface area (Å²) in [5.41, 5.74) is 2.88. The van der Waals surface area contributed by atoms with Gasteiger partial charge < -0.3 is 14.4 Å². The van der Waals surface area contributed by atoms with Gasteiger partial charge in [-0.15, -0.1) is 0 Å². The average molecular weight is 435 g/mol. The van der Waals surface area contributed by atoms with Crippen molar-refractivity contribution in [2.24, 2.45) is 0 Å². The number of carbonyl (C=O) groups excluding carboxylic acids is 1. The van der Waals surface area contributed by atoms with Crippen molar-refractivity contribution in [3.63, 3.8) is 0 Å². The second-order valence-electron chi connectivity index (χ2n) is 9.30. The highest BCUT2D eigenvalue weighted by Gasteiger charge is 2.30. The Kier molecular flexibility index (Phi) is 5.96. The molecule has 1 aliphatic carbocycles. The monoisotopic (exact) mass is 434 g/mol. The topological polar surface area (TPSA) is 41.4 Å². The Morgan fingerprint density at radius 2 is 1.78 bits per heavy atom. The zero-order chi connectivity index (χ0) is 22.1. The van der Waals surface area contributed by atoms with Gasteiger partial charge in [0, 0.05) is 44.3 Å². The Morgan fingerprint density at radius 1 is 1.06 bits per heavy atom. The fourth-order valence-corrected chi connectivity index (χ4v) is 5.43. The molecule has 2 aliphatic rings. The molecule has 2 heterocycles. The summed E-state index contributed by atoms with van der Waals surface area (Å²) >= 11 is 0. The van der Waals surface area contributed by atoms with Gasteiger partial charge in [-0.05, 0) is 55.5 Å². The van der Waals surface area contributed by atoms with E-state index in [-0.39, 0.29) is 11.7 Å². The Hall–Kier alpha value is -2.73. The standard InChI is InChI=1S/C26H31FN4O/c1-29(21-13-15-30(16-14-21)22-5-2-3-6-22)26(32)20-11-9-19(10-12-20)17-31-18-28-24-8-4-7-23(27)25(24)31/h4,7-12,18,21-22H,2-3,5-6,13-17H2,1H3. The molecular formula is C26H31FN4O. The molecule has 1 aliphatic heterocycles. The first-order valence-electron chi connectivity index (χ1n) is 11.8. The molecule has 5 rings (SSSR count). The number of aromatic nitrogens is 2. The molecule has 5 nitrogen and oxygen atoms in total. The van der Waals surface area contributed by atoms with Crippen LogP contribution in [0.2, 0.25) is 0 Å². The lowest BCUT2D eigenvalue weighted by atomic mass is 10.00. The van der Waals surface area contributed by atoms with Crippen LogP contribution in [-0.4, -0.2) is 57.5 Å². The fourth-order valence-electron chi connectivity index (χ4n) is 5.43. The number of carbonyl (C=O) groups is 1. The number of hydrogen-bond donors (Lipinski definition) is 0. The van der Waals surface area contributed by atoms with Gasteiger partial charge in [0.2, 0.25) is 0 Å².